The van der Waals surface area contributed by atoms with Gasteiger partial charge in [-0.15, -0.1) is 0 Å². The van der Waals surface area contributed by atoms with Crippen molar-refractivity contribution in [2.75, 3.05) is 13.2 Å². The number of ether oxygens (including phenoxy) is 3. The number of allylic oxidation sites excluding steroid dienone is 1. The Morgan fingerprint density at radius 1 is 1.16 bits per heavy atom. The van der Waals surface area contributed by atoms with Crippen molar-refractivity contribution in [1.29, 1.82) is 0 Å². The monoisotopic (exact) mass is 409 g/mol. The first-order chi connectivity index (χ1) is 11.9. The first-order valence-corrected chi connectivity index (χ1v) is 8.67. The highest BCUT2D eigenvalue weighted by molar-refractivity contribution is 9.10. The van der Waals surface area contributed by atoms with Crippen LogP contribution in [0.1, 0.15) is 32.3 Å². The van der Waals surface area contributed by atoms with Crippen molar-refractivity contribution in [3.63, 3.8) is 0 Å². The standard InChI is InChI=1S/C18H20BrNO5/c1-4-23-17(21)13-10(3)25-16(20)15(18(22)24-5-2)14(13)11-7-6-8-12(19)9-11/h6-9,14H,4-5,20H2,1-3H3. The third-order valence-corrected chi connectivity index (χ3v) is 4.15. The molecule has 0 saturated carbocycles. The van der Waals surface area contributed by atoms with Crippen molar-refractivity contribution < 1.29 is 23.8 Å². The summed E-state index contributed by atoms with van der Waals surface area (Å²) in [7, 11) is 0. The maximum absolute atomic E-state index is 12.5. The molecule has 1 unspecified atom stereocenters. The number of halogens is 1. The number of nitrogens with two attached hydrogens (primary N) is 1. The van der Waals surface area contributed by atoms with Gasteiger partial charge in [0.2, 0.25) is 5.88 Å². The molecule has 0 aliphatic carbocycles. The normalized spacial score (nSPS) is 17.2. The summed E-state index contributed by atoms with van der Waals surface area (Å²) in [5.74, 6) is -1.69. The Kier molecular flexibility index (Phi) is 6.25. The average Bonchev–Trinajstić information content (AvgIpc) is 2.54. The number of benzene rings is 1. The molecule has 2 N–H and O–H groups in total. The molecule has 1 heterocycles. The molecule has 1 aromatic carbocycles. The van der Waals surface area contributed by atoms with Gasteiger partial charge in [-0.05, 0) is 38.5 Å². The highest BCUT2D eigenvalue weighted by atomic mass is 79.9. The fourth-order valence-electron chi connectivity index (χ4n) is 2.68. The molecule has 25 heavy (non-hydrogen) atoms. The molecule has 1 aromatic rings. The van der Waals surface area contributed by atoms with Crippen LogP contribution in [0.3, 0.4) is 0 Å². The Morgan fingerprint density at radius 3 is 2.32 bits per heavy atom. The number of rotatable bonds is 5. The van der Waals surface area contributed by atoms with Crippen molar-refractivity contribution in [3.05, 3.63) is 57.1 Å². The van der Waals surface area contributed by atoms with Gasteiger partial charge in [-0.3, -0.25) is 0 Å². The quantitative estimate of drug-likeness (QED) is 0.751. The summed E-state index contributed by atoms with van der Waals surface area (Å²) in [5, 5.41) is 0. The van der Waals surface area contributed by atoms with E-state index < -0.39 is 17.9 Å². The largest absolute Gasteiger partial charge is 0.463 e. The van der Waals surface area contributed by atoms with Crippen molar-refractivity contribution in [2.45, 2.75) is 26.7 Å². The van der Waals surface area contributed by atoms with Gasteiger partial charge in [0, 0.05) is 4.47 Å². The van der Waals surface area contributed by atoms with E-state index in [0.717, 1.165) is 4.47 Å². The van der Waals surface area contributed by atoms with Crippen LogP contribution in [0.5, 0.6) is 0 Å². The average molecular weight is 410 g/mol. The fourth-order valence-corrected chi connectivity index (χ4v) is 3.10. The number of esters is 2. The van der Waals surface area contributed by atoms with Crippen molar-refractivity contribution in [2.24, 2.45) is 5.73 Å². The third kappa shape index (κ3) is 4.04. The lowest BCUT2D eigenvalue weighted by Crippen LogP contribution is -2.30. The van der Waals surface area contributed by atoms with E-state index in [1.807, 2.05) is 18.2 Å². The molecule has 0 radical (unpaired) electrons. The minimum Gasteiger partial charge on any atom is -0.463 e. The van der Waals surface area contributed by atoms with Crippen LogP contribution in [-0.2, 0) is 23.8 Å². The first kappa shape index (κ1) is 19.1. The molecular weight excluding hydrogens is 390 g/mol. The summed E-state index contributed by atoms with van der Waals surface area (Å²) in [6.07, 6.45) is 0. The summed E-state index contributed by atoms with van der Waals surface area (Å²) in [6, 6.07) is 7.28. The summed E-state index contributed by atoms with van der Waals surface area (Å²) in [5.41, 5.74) is 6.99. The predicted octanol–water partition coefficient (Wildman–Crippen LogP) is 3.13. The minimum atomic E-state index is -0.732. The van der Waals surface area contributed by atoms with Crippen LogP contribution in [-0.4, -0.2) is 25.2 Å². The maximum atomic E-state index is 12.5. The lowest BCUT2D eigenvalue weighted by Gasteiger charge is -2.28. The van der Waals surface area contributed by atoms with Crippen LogP contribution < -0.4 is 5.73 Å². The van der Waals surface area contributed by atoms with Crippen LogP contribution in [0.15, 0.2) is 51.5 Å². The van der Waals surface area contributed by atoms with Crippen LogP contribution in [0, 0.1) is 0 Å². The van der Waals surface area contributed by atoms with Crippen molar-refractivity contribution >= 4 is 27.9 Å². The van der Waals surface area contributed by atoms with E-state index in [0.29, 0.717) is 11.3 Å². The van der Waals surface area contributed by atoms with Gasteiger partial charge in [0.1, 0.15) is 11.3 Å². The van der Waals surface area contributed by atoms with E-state index in [1.54, 1.807) is 26.8 Å². The number of carbonyl (C=O) groups is 2. The van der Waals surface area contributed by atoms with Gasteiger partial charge >= 0.3 is 11.9 Å². The van der Waals surface area contributed by atoms with Gasteiger partial charge in [0.05, 0.1) is 24.7 Å². The lowest BCUT2D eigenvalue weighted by molar-refractivity contribution is -0.140. The minimum absolute atomic E-state index is 0.0750. The highest BCUT2D eigenvalue weighted by Crippen LogP contribution is 2.41. The molecular formula is C18H20BrNO5. The van der Waals surface area contributed by atoms with E-state index >= 15 is 0 Å². The van der Waals surface area contributed by atoms with Gasteiger partial charge in [0.25, 0.3) is 0 Å². The molecule has 1 aliphatic heterocycles. The molecule has 7 heteroatoms. The first-order valence-electron chi connectivity index (χ1n) is 7.88. The molecule has 0 bridgehead atoms. The molecule has 1 atom stereocenters. The summed E-state index contributed by atoms with van der Waals surface area (Å²) in [6.45, 7) is 5.40. The maximum Gasteiger partial charge on any atom is 0.340 e. The van der Waals surface area contributed by atoms with Gasteiger partial charge < -0.3 is 19.9 Å². The molecule has 2 rings (SSSR count). The van der Waals surface area contributed by atoms with E-state index in [4.69, 9.17) is 19.9 Å². The second kappa shape index (κ2) is 8.20. The van der Waals surface area contributed by atoms with Crippen LogP contribution in [0.25, 0.3) is 0 Å². The van der Waals surface area contributed by atoms with Crippen molar-refractivity contribution in [3.8, 4) is 0 Å². The van der Waals surface area contributed by atoms with Crippen LogP contribution in [0.2, 0.25) is 0 Å². The smallest absolute Gasteiger partial charge is 0.340 e. The summed E-state index contributed by atoms with van der Waals surface area (Å²) in [4.78, 5) is 25.0. The van der Waals surface area contributed by atoms with E-state index in [2.05, 4.69) is 15.9 Å². The predicted molar refractivity (Wildman–Crippen MR) is 95.1 cm³/mol. The Balaban J connectivity index is 2.64. The van der Waals surface area contributed by atoms with Crippen LogP contribution in [0.4, 0.5) is 0 Å². The van der Waals surface area contributed by atoms with E-state index in [1.165, 1.54) is 0 Å². The van der Waals surface area contributed by atoms with Crippen molar-refractivity contribution in [1.82, 2.24) is 0 Å². The second-order valence-electron chi connectivity index (χ2n) is 5.28. The number of hydrogen-bond donors (Lipinski definition) is 1. The lowest BCUT2D eigenvalue weighted by atomic mass is 9.82. The Hall–Kier alpha value is -2.28. The molecule has 6 nitrogen and oxygen atoms in total. The zero-order valence-electron chi connectivity index (χ0n) is 14.3. The summed E-state index contributed by atoms with van der Waals surface area (Å²) >= 11 is 3.41. The molecule has 0 aromatic heterocycles. The zero-order chi connectivity index (χ0) is 18.6. The fraction of sp³-hybridized carbons (Fsp3) is 0.333. The topological polar surface area (TPSA) is 87.9 Å². The van der Waals surface area contributed by atoms with Gasteiger partial charge in [-0.1, -0.05) is 28.1 Å². The highest BCUT2D eigenvalue weighted by Gasteiger charge is 2.40. The molecule has 0 fully saturated rings. The van der Waals surface area contributed by atoms with E-state index in [-0.39, 0.29) is 30.2 Å². The summed E-state index contributed by atoms with van der Waals surface area (Å²) < 4.78 is 16.5. The third-order valence-electron chi connectivity index (χ3n) is 3.66. The van der Waals surface area contributed by atoms with Gasteiger partial charge in [0.15, 0.2) is 0 Å². The number of hydrogen-bond acceptors (Lipinski definition) is 6. The Morgan fingerprint density at radius 2 is 1.76 bits per heavy atom. The molecule has 0 saturated heterocycles. The SMILES string of the molecule is CCOC(=O)C1=C(C)OC(N)=C(C(=O)OCC)C1c1cccc(Br)c1. The van der Waals surface area contributed by atoms with Gasteiger partial charge in [-0.25, -0.2) is 9.59 Å². The van der Waals surface area contributed by atoms with Crippen LogP contribution >= 0.6 is 15.9 Å². The molecule has 1 aliphatic rings. The van der Waals surface area contributed by atoms with Gasteiger partial charge in [-0.2, -0.15) is 0 Å². The Labute approximate surface area is 154 Å². The van der Waals surface area contributed by atoms with E-state index in [9.17, 15) is 9.59 Å². The molecule has 134 valence electrons. The number of carbonyl (C=O) groups excluding carboxylic acids is 2. The molecule has 0 amide bonds. The zero-order valence-corrected chi connectivity index (χ0v) is 15.9. The second-order valence-corrected chi connectivity index (χ2v) is 6.19. The Bertz CT molecular complexity index is 714. The molecule has 0 spiro atoms.